The summed E-state index contributed by atoms with van der Waals surface area (Å²) in [6.45, 7) is 45.0. The van der Waals surface area contributed by atoms with Gasteiger partial charge in [-0.2, -0.15) is 0 Å². The molecule has 1 unspecified atom stereocenters. The largest absolute Gasteiger partial charge is 0.355 e. The number of carbonyl (C=O) groups is 3. The van der Waals surface area contributed by atoms with Crippen LogP contribution in [0.1, 0.15) is 189 Å². The fourth-order valence-corrected chi connectivity index (χ4v) is 28.9. The molecule has 0 fully saturated rings. The molecule has 61 heavy (non-hydrogen) atoms. The molecule has 7 nitrogen and oxygen atoms in total. The van der Waals surface area contributed by atoms with Crippen LogP contribution in [0.2, 0.25) is 0 Å². The van der Waals surface area contributed by atoms with E-state index in [2.05, 4.69) is 145 Å². The van der Waals surface area contributed by atoms with Crippen molar-refractivity contribution in [2.45, 2.75) is 205 Å². The molecule has 1 atom stereocenters. The Morgan fingerprint density at radius 1 is 0.443 bits per heavy atom. The number of nitrogens with one attached hydrogen (secondary N) is 3. The van der Waals surface area contributed by atoms with Crippen LogP contribution in [0.4, 0.5) is 0 Å². The highest BCUT2D eigenvalue weighted by Crippen LogP contribution is 2.75. The monoisotopic (exact) mass is 918 g/mol. The van der Waals surface area contributed by atoms with Crippen molar-refractivity contribution in [2.75, 3.05) is 94.7 Å². The van der Waals surface area contributed by atoms with Crippen LogP contribution < -0.4 is 16.0 Å². The molecule has 3 amide bonds. The van der Waals surface area contributed by atoms with E-state index in [9.17, 15) is 14.4 Å². The quantitative estimate of drug-likeness (QED) is 0.0546. The van der Waals surface area contributed by atoms with E-state index in [-0.39, 0.29) is 28.0 Å². The van der Waals surface area contributed by atoms with Crippen molar-refractivity contribution in [1.82, 2.24) is 20.9 Å². The zero-order valence-corrected chi connectivity index (χ0v) is 47.0. The van der Waals surface area contributed by atoms with Gasteiger partial charge < -0.3 is 16.0 Å². The van der Waals surface area contributed by atoms with E-state index >= 15 is 0 Å². The maximum absolute atomic E-state index is 14.3. The van der Waals surface area contributed by atoms with Crippen LogP contribution in [-0.4, -0.2) is 133 Å². The van der Waals surface area contributed by atoms with Crippen LogP contribution in [-0.2, 0) is 14.4 Å². The molecule has 0 aromatic heterocycles. The zero-order chi connectivity index (χ0) is 47.2. The Labute approximate surface area is 383 Å². The molecule has 0 aliphatic heterocycles. The number of hydrogen-bond acceptors (Lipinski definition) is 4. The molecule has 0 saturated heterocycles. The first-order valence-electron chi connectivity index (χ1n) is 25.6. The molecule has 3 N–H and O–H groups in total. The smallest absolute Gasteiger partial charge is 0.229 e. The van der Waals surface area contributed by atoms with Crippen molar-refractivity contribution in [3.63, 3.8) is 0 Å². The molecule has 0 aromatic rings. The van der Waals surface area contributed by atoms with Gasteiger partial charge in [0.25, 0.3) is 0 Å². The third kappa shape index (κ3) is 15.9. The standard InChI is InChI=1S/C51H105N4O3P3/c1-19-34-59(35-20-2,36-21-3)44(10)43-45(56)52-28-31-55(32-29-53-46(57)48(11,12)50(15,16)60(37-22-4,38-23-5)39-24-6)33-30-54-47(58)49(13,14)51(17,18)61(40-25-7,41-26-8)42-27-9/h44H,19-43H2,1-18H3/p+3. The summed E-state index contributed by atoms with van der Waals surface area (Å²) in [6.07, 6.45) is 22.5. The first kappa shape index (κ1) is 60.7. The Bertz CT molecular complexity index is 1130. The number of hydrogen-bond donors (Lipinski definition) is 3. The van der Waals surface area contributed by atoms with E-state index in [1.54, 1.807) is 0 Å². The van der Waals surface area contributed by atoms with Crippen molar-refractivity contribution in [2.24, 2.45) is 10.8 Å². The molecule has 0 aliphatic carbocycles. The Balaban J connectivity index is 6.29. The third-order valence-corrected chi connectivity index (χ3v) is 35.8. The number of amides is 3. The summed E-state index contributed by atoms with van der Waals surface area (Å²) in [5.74, 6) is 0.437. The van der Waals surface area contributed by atoms with Crippen molar-refractivity contribution >= 4 is 39.5 Å². The van der Waals surface area contributed by atoms with Gasteiger partial charge >= 0.3 is 0 Å². The van der Waals surface area contributed by atoms with Crippen molar-refractivity contribution in [1.29, 1.82) is 0 Å². The SMILES string of the molecule is CCC[P+](CCC)(CCC)C(C)CC(=O)NCCN(CCNC(=O)C(C)(C)C(C)(C)[P+](CCC)(CCC)CCC)CCNC(=O)C(C)(C)C(C)(C)[P+](CCC)(CCC)CCC. The third-order valence-electron chi connectivity index (χ3n) is 16.1. The predicted molar refractivity (Wildman–Crippen MR) is 282 cm³/mol. The number of rotatable bonds is 36. The average Bonchev–Trinajstić information content (AvgIpc) is 3.17. The lowest BCUT2D eigenvalue weighted by atomic mass is 9.79. The van der Waals surface area contributed by atoms with Crippen molar-refractivity contribution in [3.05, 3.63) is 0 Å². The van der Waals surface area contributed by atoms with Crippen LogP contribution in [0.15, 0.2) is 0 Å². The maximum Gasteiger partial charge on any atom is 0.229 e. The van der Waals surface area contributed by atoms with Gasteiger partial charge in [-0.05, 0) is 120 Å². The Morgan fingerprint density at radius 3 is 0.967 bits per heavy atom. The Kier molecular flexibility index (Phi) is 28.5. The second-order valence-corrected chi connectivity index (χ2v) is 35.3. The molecule has 0 bridgehead atoms. The van der Waals surface area contributed by atoms with E-state index in [1.807, 2.05) is 0 Å². The summed E-state index contributed by atoms with van der Waals surface area (Å²) < 4.78 is 0. The second kappa shape index (κ2) is 28.6. The first-order chi connectivity index (χ1) is 28.5. The highest BCUT2D eigenvalue weighted by atomic mass is 31.2. The molecule has 0 aliphatic rings. The lowest BCUT2D eigenvalue weighted by molar-refractivity contribution is -0.131. The van der Waals surface area contributed by atoms with Gasteiger partial charge in [0.05, 0.1) is 88.7 Å². The van der Waals surface area contributed by atoms with Crippen molar-refractivity contribution in [3.8, 4) is 0 Å². The van der Waals surface area contributed by atoms with Gasteiger partial charge in [0.2, 0.25) is 17.7 Å². The molecule has 0 saturated carbocycles. The van der Waals surface area contributed by atoms with Crippen molar-refractivity contribution < 1.29 is 14.4 Å². The van der Waals surface area contributed by atoms with Crippen LogP contribution in [0, 0.1) is 10.8 Å². The van der Waals surface area contributed by atoms with E-state index in [0.717, 1.165) is 0 Å². The molecule has 362 valence electrons. The van der Waals surface area contributed by atoms with Gasteiger partial charge in [0, 0.05) is 61.1 Å². The van der Waals surface area contributed by atoms with Gasteiger partial charge in [-0.25, -0.2) is 0 Å². The maximum atomic E-state index is 14.3. The number of carbonyl (C=O) groups excluding carboxylic acids is 3. The topological polar surface area (TPSA) is 90.5 Å². The summed E-state index contributed by atoms with van der Waals surface area (Å²) >= 11 is 0. The van der Waals surface area contributed by atoms with E-state index in [4.69, 9.17) is 0 Å². The normalized spacial score (nSPS) is 14.0. The molecule has 0 aromatic carbocycles. The average molecular weight is 918 g/mol. The second-order valence-electron chi connectivity index (χ2n) is 21.1. The van der Waals surface area contributed by atoms with Gasteiger partial charge in [-0.15, -0.1) is 0 Å². The minimum absolute atomic E-state index is 0.0887. The molecule has 0 radical (unpaired) electrons. The minimum Gasteiger partial charge on any atom is -0.355 e. The molecule has 0 spiro atoms. The molecule has 10 heteroatoms. The molecule has 0 rings (SSSR count). The Hall–Kier alpha value is -0.340. The van der Waals surface area contributed by atoms with E-state index in [1.165, 1.54) is 113 Å². The zero-order valence-electron chi connectivity index (χ0n) is 44.3. The fraction of sp³-hybridized carbons (Fsp3) is 0.941. The van der Waals surface area contributed by atoms with Crippen LogP contribution >= 0.6 is 21.8 Å². The molecule has 0 heterocycles. The van der Waals surface area contributed by atoms with Crippen LogP contribution in [0.25, 0.3) is 0 Å². The lowest BCUT2D eigenvalue weighted by Gasteiger charge is -2.49. The number of nitrogens with zero attached hydrogens (tertiary/aromatic N) is 1. The summed E-state index contributed by atoms with van der Waals surface area (Å²) in [5.41, 5.74) is -0.590. The van der Waals surface area contributed by atoms with E-state index < -0.39 is 32.6 Å². The predicted octanol–water partition coefficient (Wildman–Crippen LogP) is 12.8. The lowest BCUT2D eigenvalue weighted by Crippen LogP contribution is -2.54. The van der Waals surface area contributed by atoms with Gasteiger partial charge in [-0.3, -0.25) is 19.3 Å². The summed E-state index contributed by atoms with van der Waals surface area (Å²) in [6, 6.07) is 0. The first-order valence-corrected chi connectivity index (χ1v) is 32.7. The van der Waals surface area contributed by atoms with Crippen LogP contribution in [0.3, 0.4) is 0 Å². The summed E-state index contributed by atoms with van der Waals surface area (Å²) in [5, 5.41) is 9.93. The highest BCUT2D eigenvalue weighted by Gasteiger charge is 2.61. The van der Waals surface area contributed by atoms with Gasteiger partial charge in [0.15, 0.2) is 0 Å². The van der Waals surface area contributed by atoms with Gasteiger partial charge in [0.1, 0.15) is 0 Å². The van der Waals surface area contributed by atoms with E-state index in [0.29, 0.717) is 51.3 Å². The highest BCUT2D eigenvalue weighted by molar-refractivity contribution is 7.78. The van der Waals surface area contributed by atoms with Gasteiger partial charge in [-0.1, -0.05) is 62.3 Å². The minimum atomic E-state index is -1.40. The fourth-order valence-electron chi connectivity index (χ4n) is 11.3. The molecular formula is C51H108N4O3P3+3. The molecular weight excluding hydrogens is 810 g/mol. The van der Waals surface area contributed by atoms with Crippen LogP contribution in [0.5, 0.6) is 0 Å². The summed E-state index contributed by atoms with van der Waals surface area (Å²) in [7, 11) is -4.00. The Morgan fingerprint density at radius 2 is 0.705 bits per heavy atom. The summed E-state index contributed by atoms with van der Waals surface area (Å²) in [4.78, 5) is 44.4.